The van der Waals surface area contributed by atoms with Crippen LogP contribution in [0.5, 0.6) is 5.75 Å². The maximum atomic E-state index is 6.03. The van der Waals surface area contributed by atoms with Crippen LogP contribution in [0.15, 0.2) is 18.2 Å². The maximum Gasteiger partial charge on any atom is 0.120 e. The molecule has 0 aromatic heterocycles. The van der Waals surface area contributed by atoms with Gasteiger partial charge < -0.3 is 10.5 Å². The fraction of sp³-hybridized carbons (Fsp3) is 0.538. The number of anilines is 1. The highest BCUT2D eigenvalue weighted by molar-refractivity contribution is 7.99. The van der Waals surface area contributed by atoms with Gasteiger partial charge in [-0.25, -0.2) is 0 Å². The average molecular weight is 237 g/mol. The summed E-state index contributed by atoms with van der Waals surface area (Å²) in [6, 6.07) is 6.03. The molecule has 3 heteroatoms. The van der Waals surface area contributed by atoms with Crippen LogP contribution in [0.3, 0.4) is 0 Å². The van der Waals surface area contributed by atoms with Gasteiger partial charge in [-0.05, 0) is 48.3 Å². The zero-order chi connectivity index (χ0) is 11.4. The molecule has 0 saturated carbocycles. The van der Waals surface area contributed by atoms with Gasteiger partial charge in [-0.2, -0.15) is 11.8 Å². The maximum absolute atomic E-state index is 6.03. The summed E-state index contributed by atoms with van der Waals surface area (Å²) in [5.41, 5.74) is 8.17. The second-order valence-electron chi connectivity index (χ2n) is 4.35. The van der Waals surface area contributed by atoms with E-state index in [2.05, 4.69) is 17.8 Å². The summed E-state index contributed by atoms with van der Waals surface area (Å²) < 4.78 is 5.16. The van der Waals surface area contributed by atoms with Gasteiger partial charge >= 0.3 is 0 Å². The molecule has 2 rings (SSSR count). The van der Waals surface area contributed by atoms with E-state index < -0.39 is 0 Å². The second-order valence-corrected chi connectivity index (χ2v) is 5.50. The van der Waals surface area contributed by atoms with E-state index in [-0.39, 0.29) is 0 Å². The number of methoxy groups -OCH3 is 1. The van der Waals surface area contributed by atoms with E-state index >= 15 is 0 Å². The van der Waals surface area contributed by atoms with Gasteiger partial charge in [0.05, 0.1) is 7.11 Å². The van der Waals surface area contributed by atoms with Crippen molar-refractivity contribution >= 4 is 17.4 Å². The largest absolute Gasteiger partial charge is 0.497 e. The second kappa shape index (κ2) is 5.48. The molecular weight excluding hydrogens is 218 g/mol. The van der Waals surface area contributed by atoms with Gasteiger partial charge in [0, 0.05) is 11.8 Å². The van der Waals surface area contributed by atoms with Crippen molar-refractivity contribution in [2.24, 2.45) is 5.92 Å². The Hall–Kier alpha value is -0.830. The number of hydrogen-bond donors (Lipinski definition) is 1. The van der Waals surface area contributed by atoms with Crippen molar-refractivity contribution in [3.63, 3.8) is 0 Å². The first-order valence-corrected chi connectivity index (χ1v) is 6.95. The summed E-state index contributed by atoms with van der Waals surface area (Å²) in [5.74, 6) is 4.26. The Balaban J connectivity index is 2.03. The van der Waals surface area contributed by atoms with Crippen molar-refractivity contribution in [2.75, 3.05) is 24.3 Å². The van der Waals surface area contributed by atoms with Crippen molar-refractivity contribution in [1.29, 1.82) is 0 Å². The van der Waals surface area contributed by atoms with E-state index in [1.165, 1.54) is 29.9 Å². The van der Waals surface area contributed by atoms with Gasteiger partial charge in [-0.3, -0.25) is 0 Å². The molecule has 0 aliphatic carbocycles. The average Bonchev–Trinajstić information content (AvgIpc) is 2.33. The van der Waals surface area contributed by atoms with Crippen LogP contribution in [0.1, 0.15) is 18.4 Å². The lowest BCUT2D eigenvalue weighted by atomic mass is 9.95. The minimum absolute atomic E-state index is 0.800. The number of nitrogen functional groups attached to an aromatic ring is 1. The number of thioether (sulfide) groups is 1. The van der Waals surface area contributed by atoms with E-state index in [0.717, 1.165) is 23.8 Å². The molecule has 0 spiro atoms. The Bertz CT molecular complexity index is 348. The highest BCUT2D eigenvalue weighted by Gasteiger charge is 2.15. The van der Waals surface area contributed by atoms with Crippen LogP contribution in [0, 0.1) is 5.92 Å². The van der Waals surface area contributed by atoms with Crippen molar-refractivity contribution in [3.05, 3.63) is 23.8 Å². The van der Waals surface area contributed by atoms with Crippen LogP contribution in [-0.2, 0) is 6.42 Å². The van der Waals surface area contributed by atoms with Crippen molar-refractivity contribution in [3.8, 4) is 5.75 Å². The highest BCUT2D eigenvalue weighted by atomic mass is 32.2. The Labute approximate surface area is 102 Å². The molecule has 1 saturated heterocycles. The van der Waals surface area contributed by atoms with Gasteiger partial charge in [0.15, 0.2) is 0 Å². The molecule has 1 aromatic rings. The molecule has 0 amide bonds. The standard InChI is InChI=1S/C13H19NOS/c1-15-12-5-4-11(13(14)8-12)7-10-3-2-6-16-9-10/h4-5,8,10H,2-3,6-7,9,14H2,1H3. The Morgan fingerprint density at radius 2 is 2.38 bits per heavy atom. The Morgan fingerprint density at radius 3 is 3.00 bits per heavy atom. The first kappa shape index (κ1) is 11.6. The lowest BCUT2D eigenvalue weighted by Gasteiger charge is -2.21. The predicted octanol–water partition coefficient (Wildman–Crippen LogP) is 2.96. The van der Waals surface area contributed by atoms with Gasteiger partial charge in [-0.1, -0.05) is 6.07 Å². The summed E-state index contributed by atoms with van der Waals surface area (Å²) in [6.07, 6.45) is 3.81. The van der Waals surface area contributed by atoms with Crippen LogP contribution in [-0.4, -0.2) is 18.6 Å². The molecule has 1 heterocycles. The molecule has 2 N–H and O–H groups in total. The number of ether oxygens (including phenoxy) is 1. The summed E-state index contributed by atoms with van der Waals surface area (Å²) in [7, 11) is 1.67. The topological polar surface area (TPSA) is 35.2 Å². The molecule has 1 fully saturated rings. The highest BCUT2D eigenvalue weighted by Crippen LogP contribution is 2.28. The van der Waals surface area contributed by atoms with Gasteiger partial charge in [0.1, 0.15) is 5.75 Å². The molecule has 1 atom stereocenters. The zero-order valence-corrected chi connectivity index (χ0v) is 10.6. The molecule has 0 radical (unpaired) electrons. The number of rotatable bonds is 3. The third-order valence-electron chi connectivity index (χ3n) is 3.12. The smallest absolute Gasteiger partial charge is 0.120 e. The Kier molecular flexibility index (Phi) is 3.99. The lowest BCUT2D eigenvalue weighted by molar-refractivity contribution is 0.414. The van der Waals surface area contributed by atoms with E-state index in [0.29, 0.717) is 0 Å². The number of nitrogens with two attached hydrogens (primary N) is 1. The van der Waals surface area contributed by atoms with Gasteiger partial charge in [0.2, 0.25) is 0 Å². The molecule has 0 bridgehead atoms. The van der Waals surface area contributed by atoms with Crippen molar-refractivity contribution in [1.82, 2.24) is 0 Å². The van der Waals surface area contributed by atoms with Gasteiger partial charge in [0.25, 0.3) is 0 Å². The molecule has 2 nitrogen and oxygen atoms in total. The summed E-state index contributed by atoms with van der Waals surface area (Å²) in [4.78, 5) is 0. The third-order valence-corrected chi connectivity index (χ3v) is 4.40. The van der Waals surface area contributed by atoms with Crippen LogP contribution < -0.4 is 10.5 Å². The van der Waals surface area contributed by atoms with Crippen LogP contribution in [0.4, 0.5) is 5.69 Å². The summed E-state index contributed by atoms with van der Waals surface area (Å²) >= 11 is 2.07. The fourth-order valence-corrected chi connectivity index (χ4v) is 3.32. The Morgan fingerprint density at radius 1 is 1.50 bits per heavy atom. The van der Waals surface area contributed by atoms with Crippen molar-refractivity contribution in [2.45, 2.75) is 19.3 Å². The molecular formula is C13H19NOS. The van der Waals surface area contributed by atoms with E-state index in [4.69, 9.17) is 10.5 Å². The molecule has 1 aliphatic rings. The van der Waals surface area contributed by atoms with Crippen LogP contribution in [0.2, 0.25) is 0 Å². The van der Waals surface area contributed by atoms with Gasteiger partial charge in [-0.15, -0.1) is 0 Å². The first-order chi connectivity index (χ1) is 7.79. The monoisotopic (exact) mass is 237 g/mol. The minimum atomic E-state index is 0.800. The SMILES string of the molecule is COc1ccc(CC2CCCSC2)c(N)c1. The van der Waals surface area contributed by atoms with E-state index in [1.54, 1.807) is 7.11 Å². The summed E-state index contributed by atoms with van der Waals surface area (Å²) in [6.45, 7) is 0. The first-order valence-electron chi connectivity index (χ1n) is 5.79. The lowest BCUT2D eigenvalue weighted by Crippen LogP contribution is -2.14. The molecule has 16 heavy (non-hydrogen) atoms. The molecule has 88 valence electrons. The fourth-order valence-electron chi connectivity index (χ4n) is 2.17. The molecule has 1 aromatic carbocycles. The summed E-state index contributed by atoms with van der Waals surface area (Å²) in [5, 5.41) is 0. The quantitative estimate of drug-likeness (QED) is 0.821. The third kappa shape index (κ3) is 2.85. The number of hydrogen-bond acceptors (Lipinski definition) is 3. The van der Waals surface area contributed by atoms with Crippen LogP contribution in [0.25, 0.3) is 0 Å². The normalized spacial score (nSPS) is 20.7. The van der Waals surface area contributed by atoms with E-state index in [9.17, 15) is 0 Å². The number of benzene rings is 1. The van der Waals surface area contributed by atoms with Crippen LogP contribution >= 0.6 is 11.8 Å². The molecule has 1 aliphatic heterocycles. The van der Waals surface area contributed by atoms with Crippen molar-refractivity contribution < 1.29 is 4.74 Å². The van der Waals surface area contributed by atoms with E-state index in [1.807, 2.05) is 12.1 Å². The minimum Gasteiger partial charge on any atom is -0.497 e. The predicted molar refractivity (Wildman–Crippen MR) is 71.2 cm³/mol. The zero-order valence-electron chi connectivity index (χ0n) is 9.74. The molecule has 1 unspecified atom stereocenters.